The lowest BCUT2D eigenvalue weighted by Crippen LogP contribution is -2.27. The van der Waals surface area contributed by atoms with Crippen LogP contribution in [-0.2, 0) is 11.8 Å². The van der Waals surface area contributed by atoms with Gasteiger partial charge in [0.2, 0.25) is 0 Å². The van der Waals surface area contributed by atoms with Crippen LogP contribution in [0.3, 0.4) is 0 Å². The van der Waals surface area contributed by atoms with Gasteiger partial charge in [-0.25, -0.2) is 9.18 Å². The molecular weight excluding hydrogens is 439 g/mol. The number of benzene rings is 1. The number of halogens is 1. The van der Waals surface area contributed by atoms with Crippen LogP contribution < -0.4 is 32.5 Å². The summed E-state index contributed by atoms with van der Waals surface area (Å²) < 4.78 is 28.4. The first-order valence-electron chi connectivity index (χ1n) is 10.1. The van der Waals surface area contributed by atoms with Crippen molar-refractivity contribution in [3.63, 3.8) is 0 Å². The zero-order valence-electron chi connectivity index (χ0n) is 19.9. The number of allylic oxidation sites excluding steroid dienone is 4. The first-order valence-corrected chi connectivity index (χ1v) is 10.1. The Morgan fingerprint density at radius 3 is 2.47 bits per heavy atom. The van der Waals surface area contributed by atoms with Crippen LogP contribution in [0, 0.1) is 10.6 Å². The van der Waals surface area contributed by atoms with Gasteiger partial charge in [-0.2, -0.15) is 10.2 Å². The van der Waals surface area contributed by atoms with Crippen LogP contribution in [0.1, 0.15) is 12.5 Å². The van der Waals surface area contributed by atoms with Crippen LogP contribution in [-0.4, -0.2) is 30.4 Å². The summed E-state index contributed by atoms with van der Waals surface area (Å²) in [6.45, 7) is 9.26. The fraction of sp³-hybridized carbons (Fsp3) is 0.208. The molecule has 4 N–H and O–H groups in total. The Labute approximate surface area is 196 Å². The molecule has 0 aliphatic heterocycles. The van der Waals surface area contributed by atoms with Gasteiger partial charge in [-0.3, -0.25) is 9.13 Å². The molecule has 0 bridgehead atoms. The largest absolute Gasteiger partial charge is 0.496 e. The van der Waals surface area contributed by atoms with Crippen molar-refractivity contribution in [3.05, 3.63) is 85.8 Å². The lowest BCUT2D eigenvalue weighted by Gasteiger charge is -2.13. The zero-order chi connectivity index (χ0) is 25.6. The molecule has 0 fully saturated rings. The lowest BCUT2D eigenvalue weighted by atomic mass is 10.1. The number of aromatic nitrogens is 2. The van der Waals surface area contributed by atoms with Gasteiger partial charge in [-0.1, -0.05) is 13.2 Å². The molecule has 0 atom stereocenters. The lowest BCUT2D eigenvalue weighted by molar-refractivity contribution is 0.305. The minimum atomic E-state index is -0.769. The number of hydrogen-bond acceptors (Lipinski definition) is 7. The van der Waals surface area contributed by atoms with Crippen molar-refractivity contribution in [2.45, 2.75) is 6.92 Å². The Morgan fingerprint density at radius 1 is 1.29 bits per heavy atom. The third kappa shape index (κ3) is 4.56. The van der Waals surface area contributed by atoms with E-state index < -0.39 is 11.5 Å². The Morgan fingerprint density at radius 2 is 1.97 bits per heavy atom. The van der Waals surface area contributed by atoms with Crippen molar-refractivity contribution in [1.29, 1.82) is 0 Å². The number of rotatable bonds is 7. The van der Waals surface area contributed by atoms with Crippen molar-refractivity contribution in [3.8, 4) is 5.75 Å². The van der Waals surface area contributed by atoms with E-state index in [9.17, 15) is 4.79 Å². The Hall–Kier alpha value is -4.34. The topological polar surface area (TPSA) is 122 Å². The fourth-order valence-electron chi connectivity index (χ4n) is 3.49. The van der Waals surface area contributed by atoms with Crippen molar-refractivity contribution in [2.24, 2.45) is 28.7 Å². The maximum atomic E-state index is 15.1. The van der Waals surface area contributed by atoms with E-state index in [-0.39, 0.29) is 22.5 Å². The van der Waals surface area contributed by atoms with Gasteiger partial charge in [0.05, 0.1) is 36.8 Å². The molecule has 2 aromatic rings. The molecule has 0 saturated heterocycles. The predicted molar refractivity (Wildman–Crippen MR) is 132 cm³/mol. The Balaban J connectivity index is 3.40. The number of nitrogens with zero attached hydrogens (tertiary/aromatic N) is 4. The first kappa shape index (κ1) is 25.9. The minimum absolute atomic E-state index is 0.122. The summed E-state index contributed by atoms with van der Waals surface area (Å²) in [5.41, 5.74) is 12.1. The molecular formula is C24H29FN6O3. The Kier molecular flexibility index (Phi) is 8.38. The maximum absolute atomic E-state index is 15.1. The highest BCUT2D eigenvalue weighted by Crippen LogP contribution is 2.24. The molecule has 0 aliphatic carbocycles. The molecule has 0 amide bonds. The second-order valence-electron chi connectivity index (χ2n) is 6.94. The van der Waals surface area contributed by atoms with Crippen LogP contribution >= 0.6 is 0 Å². The van der Waals surface area contributed by atoms with E-state index in [2.05, 4.69) is 23.4 Å². The summed E-state index contributed by atoms with van der Waals surface area (Å²) in [6, 6.07) is 3.32. The van der Waals surface area contributed by atoms with Gasteiger partial charge in [0.15, 0.2) is 5.83 Å². The van der Waals surface area contributed by atoms with E-state index in [1.807, 2.05) is 0 Å². The summed E-state index contributed by atoms with van der Waals surface area (Å²) in [5.74, 6) is -0.220. The highest BCUT2D eigenvalue weighted by atomic mass is 19.1. The first-order chi connectivity index (χ1) is 16.2. The van der Waals surface area contributed by atoms with E-state index in [0.29, 0.717) is 27.1 Å². The maximum Gasteiger partial charge on any atom is 0.333 e. The minimum Gasteiger partial charge on any atom is -0.496 e. The van der Waals surface area contributed by atoms with Crippen molar-refractivity contribution >= 4 is 24.2 Å². The highest BCUT2D eigenvalue weighted by molar-refractivity contribution is 5.69. The second kappa shape index (κ2) is 11.0. The molecule has 1 heterocycles. The standard InChI is InChI=1S/C24H29FN6O3/c1-8-17(25)23(20(9-2)33-6)31-22(19(12-26)30(5)24(31)32)15-11-16(18(27)13-29-28-4)21(34-7)10-14(15)3/h8-13H,1,3,26-27H2,2,4-7H3/b18-13-,19-12+,20-9+,22-15+,23-17-,29-28-. The molecule has 2 rings (SSSR count). The fourth-order valence-corrected chi connectivity index (χ4v) is 3.49. The quantitative estimate of drug-likeness (QED) is 0.365. The molecule has 0 unspecified atom stereocenters. The molecule has 10 heteroatoms. The summed E-state index contributed by atoms with van der Waals surface area (Å²) in [5, 5.41) is 9.01. The number of methoxy groups -OCH3 is 2. The third-order valence-corrected chi connectivity index (χ3v) is 5.11. The molecule has 34 heavy (non-hydrogen) atoms. The predicted octanol–water partition coefficient (Wildman–Crippen LogP) is 1.80. The number of hydrogen-bond donors (Lipinski definition) is 2. The summed E-state index contributed by atoms with van der Waals surface area (Å²) >= 11 is 0. The molecule has 1 aromatic carbocycles. The van der Waals surface area contributed by atoms with E-state index in [1.165, 1.54) is 55.9 Å². The zero-order valence-corrected chi connectivity index (χ0v) is 19.9. The molecule has 0 radical (unpaired) electrons. The number of imidazole rings is 1. The molecule has 1 aromatic heterocycles. The number of azo groups is 1. The van der Waals surface area contributed by atoms with Gasteiger partial charge in [0.25, 0.3) is 0 Å². The van der Waals surface area contributed by atoms with Crippen molar-refractivity contribution in [1.82, 2.24) is 9.13 Å². The van der Waals surface area contributed by atoms with Gasteiger partial charge in [-0.05, 0) is 36.4 Å². The SMILES string of the molecule is C=C/C(F)=C(\C(=C/C)OC)n1c(=O)n(C)c(=C/N)/c1=c1/cc(/C(N)=C/N=N\C)c(OC)cc1=C. The normalized spacial score (nSPS) is 14.9. The molecule has 0 saturated carbocycles. The van der Waals surface area contributed by atoms with Crippen LogP contribution in [0.15, 0.2) is 63.7 Å². The van der Waals surface area contributed by atoms with Gasteiger partial charge >= 0.3 is 5.69 Å². The van der Waals surface area contributed by atoms with Crippen LogP contribution in [0.2, 0.25) is 0 Å². The van der Waals surface area contributed by atoms with E-state index in [1.54, 1.807) is 19.1 Å². The Bertz CT molecular complexity index is 1490. The van der Waals surface area contributed by atoms with Gasteiger partial charge in [0, 0.05) is 31.1 Å². The van der Waals surface area contributed by atoms with E-state index >= 15 is 4.39 Å². The number of ether oxygens (including phenoxy) is 2. The summed E-state index contributed by atoms with van der Waals surface area (Å²) in [6.07, 6.45) is 5.15. The average Bonchev–Trinajstić information content (AvgIpc) is 3.09. The van der Waals surface area contributed by atoms with Gasteiger partial charge < -0.3 is 20.9 Å². The molecule has 0 aliphatic rings. The summed E-state index contributed by atoms with van der Waals surface area (Å²) in [7, 11) is 5.90. The van der Waals surface area contributed by atoms with Crippen LogP contribution in [0.25, 0.3) is 24.2 Å². The van der Waals surface area contributed by atoms with Crippen molar-refractivity contribution in [2.75, 3.05) is 21.3 Å². The third-order valence-electron chi connectivity index (χ3n) is 5.11. The van der Waals surface area contributed by atoms with Crippen LogP contribution in [0.5, 0.6) is 5.75 Å². The van der Waals surface area contributed by atoms with E-state index in [4.69, 9.17) is 20.9 Å². The second-order valence-corrected chi connectivity index (χ2v) is 6.94. The molecule has 180 valence electrons. The van der Waals surface area contributed by atoms with Gasteiger partial charge in [0.1, 0.15) is 17.2 Å². The number of nitrogens with two attached hydrogens (primary N) is 2. The smallest absolute Gasteiger partial charge is 0.333 e. The van der Waals surface area contributed by atoms with Crippen LogP contribution in [0.4, 0.5) is 4.39 Å². The van der Waals surface area contributed by atoms with Crippen molar-refractivity contribution < 1.29 is 13.9 Å². The molecule has 9 nitrogen and oxygen atoms in total. The summed E-state index contributed by atoms with van der Waals surface area (Å²) in [4.78, 5) is 13.4. The monoisotopic (exact) mass is 468 g/mol. The average molecular weight is 469 g/mol. The molecule has 0 spiro atoms. The highest BCUT2D eigenvalue weighted by Gasteiger charge is 2.20. The van der Waals surface area contributed by atoms with E-state index in [0.717, 1.165) is 6.08 Å². The van der Waals surface area contributed by atoms with Gasteiger partial charge in [-0.15, -0.1) is 0 Å².